The van der Waals surface area contributed by atoms with Gasteiger partial charge in [0.25, 0.3) is 5.91 Å². The molecule has 6 N–H and O–H groups in total. The van der Waals surface area contributed by atoms with Crippen LogP contribution in [0.25, 0.3) is 0 Å². The van der Waals surface area contributed by atoms with Gasteiger partial charge in [-0.15, -0.1) is 0 Å². The van der Waals surface area contributed by atoms with E-state index in [0.29, 0.717) is 24.9 Å². The first-order valence-electron chi connectivity index (χ1n) is 12.3. The maximum absolute atomic E-state index is 12.6. The lowest BCUT2D eigenvalue weighted by molar-refractivity contribution is -0.807. The number of carboxylic acids is 1. The number of carboxylic acid groups (broad SMARTS) is 1. The van der Waals surface area contributed by atoms with Crippen LogP contribution >= 0.6 is 0 Å². The molecule has 37 heavy (non-hydrogen) atoms. The van der Waals surface area contributed by atoms with Gasteiger partial charge in [0, 0.05) is 24.4 Å². The van der Waals surface area contributed by atoms with Crippen molar-refractivity contribution in [2.75, 3.05) is 33.7 Å². The van der Waals surface area contributed by atoms with Gasteiger partial charge >= 0.3 is 12.0 Å². The Morgan fingerprint density at radius 3 is 2.19 bits per heavy atom. The number of amides is 5. The minimum atomic E-state index is -1.22. The van der Waals surface area contributed by atoms with Crippen molar-refractivity contribution >= 4 is 29.7 Å². The fourth-order valence-electron chi connectivity index (χ4n) is 3.63. The van der Waals surface area contributed by atoms with E-state index in [2.05, 4.69) is 16.0 Å². The molecular formula is C25H40N5O7+. The summed E-state index contributed by atoms with van der Waals surface area (Å²) in [6.45, 7) is 4.56. The number of hydroxylamine groups is 1. The summed E-state index contributed by atoms with van der Waals surface area (Å²) < 4.78 is -0.0437. The van der Waals surface area contributed by atoms with Gasteiger partial charge in [0.05, 0.1) is 20.6 Å². The van der Waals surface area contributed by atoms with Gasteiger partial charge in [-0.2, -0.15) is 0 Å². The maximum Gasteiger partial charge on any atom is 0.416 e. The van der Waals surface area contributed by atoms with Gasteiger partial charge in [-0.1, -0.05) is 32.0 Å². The standard InChI is InChI=1S/C25H39N5O7/c1-17(2)15-19(16-21(31)29-37)23(33)28-20(24(34)35)11-8-12-27-25(36)30(3,4)14-13-26-22(32)18-9-6-5-7-10-18/h5-7,9-10,17,19-20H,8,11-16H2,1-4H3,(H5-,26,27,28,29,31,32,33,34,35,36,37)/p+1/t19-,20+/m1/s1. The third kappa shape index (κ3) is 11.8. The second kappa shape index (κ2) is 15.6. The summed E-state index contributed by atoms with van der Waals surface area (Å²) in [4.78, 5) is 60.5. The van der Waals surface area contributed by atoms with Crippen molar-refractivity contribution in [1.82, 2.24) is 21.4 Å². The first kappa shape index (κ1) is 31.5. The second-order valence-corrected chi connectivity index (χ2v) is 9.87. The largest absolute Gasteiger partial charge is 0.480 e. The highest BCUT2D eigenvalue weighted by Gasteiger charge is 2.29. The molecular weight excluding hydrogens is 482 g/mol. The molecule has 0 heterocycles. The van der Waals surface area contributed by atoms with Crippen molar-refractivity contribution in [3.05, 3.63) is 35.9 Å². The van der Waals surface area contributed by atoms with Crippen LogP contribution in [-0.2, 0) is 14.4 Å². The van der Waals surface area contributed by atoms with Gasteiger partial charge in [-0.05, 0) is 37.3 Å². The van der Waals surface area contributed by atoms with Crippen LogP contribution in [0.1, 0.15) is 49.9 Å². The number of carbonyl (C=O) groups excluding carboxylic acids is 4. The number of carbonyl (C=O) groups is 5. The Morgan fingerprint density at radius 2 is 1.62 bits per heavy atom. The van der Waals surface area contributed by atoms with Crippen molar-refractivity contribution in [3.63, 3.8) is 0 Å². The predicted molar refractivity (Wildman–Crippen MR) is 135 cm³/mol. The normalized spacial score (nSPS) is 12.8. The number of hydrogen-bond acceptors (Lipinski definition) is 6. The Labute approximate surface area is 217 Å². The van der Waals surface area contributed by atoms with E-state index >= 15 is 0 Å². The smallest absolute Gasteiger partial charge is 0.416 e. The molecule has 0 aliphatic rings. The Bertz CT molecular complexity index is 921. The Balaban J connectivity index is 2.50. The molecule has 0 radical (unpaired) electrons. The fraction of sp³-hybridized carbons (Fsp3) is 0.560. The Hall–Kier alpha value is -3.51. The minimum absolute atomic E-state index is 0.0437. The number of nitrogens with one attached hydrogen (secondary N) is 4. The second-order valence-electron chi connectivity index (χ2n) is 9.87. The van der Waals surface area contributed by atoms with E-state index in [9.17, 15) is 29.1 Å². The first-order chi connectivity index (χ1) is 17.4. The quantitative estimate of drug-likeness (QED) is 0.0866. The summed E-state index contributed by atoms with van der Waals surface area (Å²) in [7, 11) is 3.39. The Kier molecular flexibility index (Phi) is 13.3. The van der Waals surface area contributed by atoms with E-state index in [1.54, 1.807) is 38.4 Å². The summed E-state index contributed by atoms with van der Waals surface area (Å²) in [6.07, 6.45) is 0.449. The van der Waals surface area contributed by atoms with Gasteiger partial charge < -0.3 is 21.1 Å². The molecule has 0 aliphatic heterocycles. The topological polar surface area (TPSA) is 174 Å². The van der Waals surface area contributed by atoms with Gasteiger partial charge in [0.1, 0.15) is 12.6 Å². The molecule has 1 rings (SSSR count). The zero-order chi connectivity index (χ0) is 28.0. The molecule has 0 unspecified atom stereocenters. The van der Waals surface area contributed by atoms with Crippen LogP contribution in [0.15, 0.2) is 30.3 Å². The minimum Gasteiger partial charge on any atom is -0.480 e. The van der Waals surface area contributed by atoms with Crippen molar-refractivity contribution in [1.29, 1.82) is 0 Å². The number of urea groups is 1. The van der Waals surface area contributed by atoms with Crippen LogP contribution in [0.3, 0.4) is 0 Å². The average molecular weight is 523 g/mol. The SMILES string of the molecule is CC(C)C[C@H](CC(=O)NO)C(=O)N[C@@H](CCCNC(=O)[N+](C)(C)CCNC(=O)c1ccccc1)C(=O)O. The summed E-state index contributed by atoms with van der Waals surface area (Å²) in [5.74, 6) is -3.46. The molecule has 0 saturated heterocycles. The molecule has 0 saturated carbocycles. The molecule has 12 nitrogen and oxygen atoms in total. The van der Waals surface area contributed by atoms with Gasteiger partial charge in [0.2, 0.25) is 11.8 Å². The van der Waals surface area contributed by atoms with E-state index in [4.69, 9.17) is 5.21 Å². The number of benzene rings is 1. The van der Waals surface area contributed by atoms with Crippen molar-refractivity contribution in [2.24, 2.45) is 11.8 Å². The number of nitrogens with zero attached hydrogens (tertiary/aromatic N) is 1. The molecule has 12 heteroatoms. The molecule has 5 amide bonds. The lowest BCUT2D eigenvalue weighted by Crippen LogP contribution is -2.54. The van der Waals surface area contributed by atoms with Crippen LogP contribution in [0.4, 0.5) is 4.79 Å². The summed E-state index contributed by atoms with van der Waals surface area (Å²) in [6, 6.07) is 7.27. The first-order valence-corrected chi connectivity index (χ1v) is 12.3. The molecule has 2 atom stereocenters. The van der Waals surface area contributed by atoms with E-state index in [0.717, 1.165) is 0 Å². The fourth-order valence-corrected chi connectivity index (χ4v) is 3.63. The van der Waals surface area contributed by atoms with Gasteiger partial charge in [-0.3, -0.25) is 19.6 Å². The van der Waals surface area contributed by atoms with E-state index < -0.39 is 29.7 Å². The number of aliphatic carboxylic acids is 1. The molecule has 0 spiro atoms. The molecule has 0 bridgehead atoms. The monoisotopic (exact) mass is 522 g/mol. The van der Waals surface area contributed by atoms with E-state index in [-0.39, 0.29) is 48.3 Å². The number of rotatable bonds is 15. The van der Waals surface area contributed by atoms with Crippen LogP contribution in [0.2, 0.25) is 0 Å². The molecule has 206 valence electrons. The number of quaternary nitrogens is 1. The summed E-state index contributed by atoms with van der Waals surface area (Å²) >= 11 is 0. The predicted octanol–water partition coefficient (Wildman–Crippen LogP) is 1.11. The highest BCUT2D eigenvalue weighted by molar-refractivity contribution is 5.94. The van der Waals surface area contributed by atoms with E-state index in [1.165, 1.54) is 5.48 Å². The molecule has 1 aromatic rings. The molecule has 0 aliphatic carbocycles. The van der Waals surface area contributed by atoms with Crippen molar-refractivity contribution in [3.8, 4) is 0 Å². The maximum atomic E-state index is 12.6. The van der Waals surface area contributed by atoms with E-state index in [1.807, 2.05) is 19.9 Å². The van der Waals surface area contributed by atoms with Crippen LogP contribution in [0.5, 0.6) is 0 Å². The number of likely N-dealkylation sites (N-methyl/N-ethyl adjacent to an activating group) is 1. The zero-order valence-corrected chi connectivity index (χ0v) is 22.0. The lowest BCUT2D eigenvalue weighted by atomic mass is 9.92. The van der Waals surface area contributed by atoms with Crippen LogP contribution in [0, 0.1) is 11.8 Å². The molecule has 0 fully saturated rings. The van der Waals surface area contributed by atoms with Gasteiger partial charge in [-0.25, -0.2) is 19.6 Å². The molecule has 0 aromatic heterocycles. The average Bonchev–Trinajstić information content (AvgIpc) is 2.84. The van der Waals surface area contributed by atoms with Gasteiger partial charge in [0.15, 0.2) is 0 Å². The lowest BCUT2D eigenvalue weighted by Gasteiger charge is -2.27. The third-order valence-electron chi connectivity index (χ3n) is 5.79. The summed E-state index contributed by atoms with van der Waals surface area (Å²) in [5, 5.41) is 26.3. The number of hydrogen-bond donors (Lipinski definition) is 6. The Morgan fingerprint density at radius 1 is 0.973 bits per heavy atom. The molecule has 1 aromatic carbocycles. The third-order valence-corrected chi connectivity index (χ3v) is 5.79. The zero-order valence-electron chi connectivity index (χ0n) is 22.0. The summed E-state index contributed by atoms with van der Waals surface area (Å²) in [5.41, 5.74) is 2.02. The highest BCUT2D eigenvalue weighted by Crippen LogP contribution is 2.16. The van der Waals surface area contributed by atoms with Crippen LogP contribution < -0.4 is 21.4 Å². The van der Waals surface area contributed by atoms with Crippen molar-refractivity contribution in [2.45, 2.75) is 45.6 Å². The highest BCUT2D eigenvalue weighted by atomic mass is 16.5. The van der Waals surface area contributed by atoms with Crippen molar-refractivity contribution < 1.29 is 38.8 Å². The van der Waals surface area contributed by atoms with Crippen LogP contribution in [-0.4, -0.2) is 84.3 Å².